The van der Waals surface area contributed by atoms with Crippen molar-refractivity contribution in [2.24, 2.45) is 0 Å². The van der Waals surface area contributed by atoms with Gasteiger partial charge in [-0.2, -0.15) is 5.10 Å². The minimum absolute atomic E-state index is 0.0000940. The van der Waals surface area contributed by atoms with Crippen LogP contribution in [-0.2, 0) is 19.5 Å². The van der Waals surface area contributed by atoms with Gasteiger partial charge in [0.25, 0.3) is 5.56 Å². The smallest absolute Gasteiger partial charge is 0.250 e. The molecule has 0 aromatic carbocycles. The van der Waals surface area contributed by atoms with Crippen LogP contribution in [-0.4, -0.2) is 14.3 Å². The fourth-order valence-electron chi connectivity index (χ4n) is 1.89. The van der Waals surface area contributed by atoms with Crippen molar-refractivity contribution < 1.29 is 0 Å². The molecule has 0 unspecified atom stereocenters. The Morgan fingerprint density at radius 3 is 2.78 bits per heavy atom. The van der Waals surface area contributed by atoms with E-state index >= 15 is 0 Å². The van der Waals surface area contributed by atoms with Gasteiger partial charge in [-0.1, -0.05) is 6.92 Å². The van der Waals surface area contributed by atoms with E-state index in [1.807, 2.05) is 4.68 Å². The zero-order valence-electron chi connectivity index (χ0n) is 10.6. The van der Waals surface area contributed by atoms with Gasteiger partial charge >= 0.3 is 0 Å². The number of halogens is 1. The molecule has 0 saturated carbocycles. The number of hydrogen-bond donors (Lipinski definition) is 0. The molecule has 0 aliphatic heterocycles. The highest BCUT2D eigenvalue weighted by Crippen LogP contribution is 2.09. The highest BCUT2D eigenvalue weighted by atomic mass is 79.9. The average Bonchev–Trinajstić information content (AvgIpc) is 2.76. The first kappa shape index (κ1) is 13.1. The molecule has 0 radical (unpaired) electrons. The molecule has 2 rings (SSSR count). The van der Waals surface area contributed by atoms with E-state index in [1.165, 1.54) is 0 Å². The topological polar surface area (TPSA) is 39.8 Å². The largest absolute Gasteiger partial charge is 0.308 e. The van der Waals surface area contributed by atoms with E-state index in [2.05, 4.69) is 40.9 Å². The lowest BCUT2D eigenvalue weighted by Crippen LogP contribution is -2.20. The van der Waals surface area contributed by atoms with E-state index in [-0.39, 0.29) is 5.56 Å². The molecule has 0 aliphatic carbocycles. The Morgan fingerprint density at radius 2 is 2.11 bits per heavy atom. The monoisotopic (exact) mass is 309 g/mol. The summed E-state index contributed by atoms with van der Waals surface area (Å²) in [5.41, 5.74) is 2.13. The minimum Gasteiger partial charge on any atom is -0.308 e. The molecule has 18 heavy (non-hydrogen) atoms. The van der Waals surface area contributed by atoms with Crippen LogP contribution in [0.15, 0.2) is 33.7 Å². The predicted octanol–water partition coefficient (Wildman–Crippen LogP) is 2.44. The number of hydrogen-bond acceptors (Lipinski definition) is 2. The fraction of sp³-hybridized carbons (Fsp3) is 0.385. The molecule has 4 nitrogen and oxygen atoms in total. The summed E-state index contributed by atoms with van der Waals surface area (Å²) in [6.07, 6.45) is 2.72. The molecule has 0 amide bonds. The molecule has 2 aromatic rings. The van der Waals surface area contributed by atoms with Crippen molar-refractivity contribution in [3.63, 3.8) is 0 Å². The van der Waals surface area contributed by atoms with Gasteiger partial charge < -0.3 is 4.57 Å². The van der Waals surface area contributed by atoms with E-state index in [1.54, 1.807) is 22.9 Å². The van der Waals surface area contributed by atoms with Crippen LogP contribution in [0.25, 0.3) is 0 Å². The normalized spacial score (nSPS) is 10.8. The summed E-state index contributed by atoms with van der Waals surface area (Å²) in [6.45, 7) is 5.51. The highest BCUT2D eigenvalue weighted by molar-refractivity contribution is 9.10. The molecular weight excluding hydrogens is 294 g/mol. The third-order valence-corrected chi connectivity index (χ3v) is 3.32. The standard InChI is InChI=1S/C13H16BrN3O/c1-3-11-7-12(17(4-2)15-11)9-16-8-10(14)5-6-13(16)18/h5-8H,3-4,9H2,1-2H3. The van der Waals surface area contributed by atoms with Crippen LogP contribution >= 0.6 is 15.9 Å². The molecule has 0 saturated heterocycles. The second kappa shape index (κ2) is 5.52. The molecule has 0 atom stereocenters. The van der Waals surface area contributed by atoms with Crippen LogP contribution in [0.1, 0.15) is 25.2 Å². The van der Waals surface area contributed by atoms with Crippen LogP contribution in [0.4, 0.5) is 0 Å². The number of pyridine rings is 1. The lowest BCUT2D eigenvalue weighted by Gasteiger charge is -2.07. The average molecular weight is 310 g/mol. The maximum atomic E-state index is 11.8. The number of nitrogens with zero attached hydrogens (tertiary/aromatic N) is 3. The first-order chi connectivity index (χ1) is 8.63. The summed E-state index contributed by atoms with van der Waals surface area (Å²) in [7, 11) is 0. The Balaban J connectivity index is 2.36. The fourth-order valence-corrected chi connectivity index (χ4v) is 2.27. The third kappa shape index (κ3) is 2.72. The number of aromatic nitrogens is 3. The van der Waals surface area contributed by atoms with Crippen LogP contribution in [0, 0.1) is 0 Å². The second-order valence-corrected chi connectivity index (χ2v) is 5.03. The lowest BCUT2D eigenvalue weighted by atomic mass is 10.3. The summed E-state index contributed by atoms with van der Waals surface area (Å²) in [4.78, 5) is 11.8. The number of aryl methyl sites for hydroxylation is 2. The van der Waals surface area contributed by atoms with Crippen LogP contribution < -0.4 is 5.56 Å². The van der Waals surface area contributed by atoms with Crippen molar-refractivity contribution in [2.75, 3.05) is 0 Å². The van der Waals surface area contributed by atoms with E-state index in [0.29, 0.717) is 6.54 Å². The van der Waals surface area contributed by atoms with Gasteiger partial charge in [0.2, 0.25) is 0 Å². The van der Waals surface area contributed by atoms with Crippen LogP contribution in [0.2, 0.25) is 0 Å². The summed E-state index contributed by atoms with van der Waals surface area (Å²) in [5.74, 6) is 0. The van der Waals surface area contributed by atoms with Gasteiger partial charge in [-0.25, -0.2) is 0 Å². The Hall–Kier alpha value is -1.36. The van der Waals surface area contributed by atoms with Crippen molar-refractivity contribution in [1.82, 2.24) is 14.3 Å². The van der Waals surface area contributed by atoms with Gasteiger partial charge in [-0.05, 0) is 41.4 Å². The van der Waals surface area contributed by atoms with E-state index in [0.717, 1.165) is 28.8 Å². The Morgan fingerprint density at radius 1 is 1.33 bits per heavy atom. The Labute approximate surface area is 114 Å². The van der Waals surface area contributed by atoms with Crippen molar-refractivity contribution in [2.45, 2.75) is 33.4 Å². The molecule has 2 heterocycles. The van der Waals surface area contributed by atoms with Crippen LogP contribution in [0.3, 0.4) is 0 Å². The molecule has 2 aromatic heterocycles. The van der Waals surface area contributed by atoms with E-state index in [4.69, 9.17) is 0 Å². The van der Waals surface area contributed by atoms with Gasteiger partial charge in [-0.15, -0.1) is 0 Å². The van der Waals surface area contributed by atoms with Gasteiger partial charge in [0, 0.05) is 23.3 Å². The first-order valence-electron chi connectivity index (χ1n) is 6.05. The number of rotatable bonds is 4. The molecule has 96 valence electrons. The molecule has 0 N–H and O–H groups in total. The maximum Gasteiger partial charge on any atom is 0.250 e. The summed E-state index contributed by atoms with van der Waals surface area (Å²) >= 11 is 3.38. The van der Waals surface area contributed by atoms with Crippen molar-refractivity contribution in [1.29, 1.82) is 0 Å². The molecule has 0 spiro atoms. The van der Waals surface area contributed by atoms with Gasteiger partial charge in [0.05, 0.1) is 17.9 Å². The zero-order chi connectivity index (χ0) is 13.1. The van der Waals surface area contributed by atoms with Gasteiger partial charge in [-0.3, -0.25) is 9.48 Å². The van der Waals surface area contributed by atoms with E-state index in [9.17, 15) is 4.79 Å². The summed E-state index contributed by atoms with van der Waals surface area (Å²) in [5, 5.41) is 4.49. The highest BCUT2D eigenvalue weighted by Gasteiger charge is 2.07. The van der Waals surface area contributed by atoms with Crippen molar-refractivity contribution in [3.8, 4) is 0 Å². The van der Waals surface area contributed by atoms with Gasteiger partial charge in [0.15, 0.2) is 0 Å². The molecular formula is C13H16BrN3O. The minimum atomic E-state index is 0.0000940. The first-order valence-corrected chi connectivity index (χ1v) is 6.85. The molecule has 0 fully saturated rings. The van der Waals surface area contributed by atoms with Crippen molar-refractivity contribution in [3.05, 3.63) is 50.6 Å². The summed E-state index contributed by atoms with van der Waals surface area (Å²) < 4.78 is 4.54. The Kier molecular flexibility index (Phi) is 4.01. The summed E-state index contributed by atoms with van der Waals surface area (Å²) in [6, 6.07) is 5.39. The van der Waals surface area contributed by atoms with Crippen molar-refractivity contribution >= 4 is 15.9 Å². The quantitative estimate of drug-likeness (QED) is 0.870. The predicted molar refractivity (Wildman–Crippen MR) is 74.8 cm³/mol. The lowest BCUT2D eigenvalue weighted by molar-refractivity contribution is 0.589. The SMILES string of the molecule is CCc1cc(Cn2cc(Br)ccc2=O)n(CC)n1. The maximum absolute atomic E-state index is 11.8. The zero-order valence-corrected chi connectivity index (χ0v) is 12.1. The second-order valence-electron chi connectivity index (χ2n) is 4.11. The molecule has 0 bridgehead atoms. The Bertz CT molecular complexity index is 601. The van der Waals surface area contributed by atoms with Gasteiger partial charge in [0.1, 0.15) is 0 Å². The third-order valence-electron chi connectivity index (χ3n) is 2.86. The van der Waals surface area contributed by atoms with E-state index < -0.39 is 0 Å². The molecule has 0 aliphatic rings. The van der Waals surface area contributed by atoms with Crippen LogP contribution in [0.5, 0.6) is 0 Å². The molecule has 5 heteroatoms.